The van der Waals surface area contributed by atoms with Crippen LogP contribution in [0.25, 0.3) is 0 Å². The second-order valence-corrected chi connectivity index (χ2v) is 5.63. The van der Waals surface area contributed by atoms with Gasteiger partial charge in [0.25, 0.3) is 0 Å². The zero-order valence-electron chi connectivity index (χ0n) is 8.42. The monoisotopic (exact) mass is 321 g/mol. The van der Waals surface area contributed by atoms with Crippen LogP contribution < -0.4 is 5.32 Å². The summed E-state index contributed by atoms with van der Waals surface area (Å²) in [4.78, 5) is 0. The van der Waals surface area contributed by atoms with Crippen LogP contribution in [0.4, 0.5) is 5.69 Å². The Hall–Kier alpha value is 0.100. The van der Waals surface area contributed by atoms with E-state index in [9.17, 15) is 0 Å². The van der Waals surface area contributed by atoms with Crippen molar-refractivity contribution in [2.24, 2.45) is 0 Å². The zero-order chi connectivity index (χ0) is 10.2. The Morgan fingerprint density at radius 3 is 3.00 bits per heavy atom. The highest BCUT2D eigenvalue weighted by atomic mass is 127. The van der Waals surface area contributed by atoms with Crippen molar-refractivity contribution in [2.45, 2.75) is 13.3 Å². The Kier molecular flexibility index (Phi) is 6.43. The fourth-order valence-electron chi connectivity index (χ4n) is 1.15. The lowest BCUT2D eigenvalue weighted by atomic mass is 10.3. The number of hydrogen-bond acceptors (Lipinski definition) is 2. The van der Waals surface area contributed by atoms with Gasteiger partial charge in [-0.1, -0.05) is 13.0 Å². The SMILES string of the molecule is CCSCCCNc1cccc(I)c1. The molecule has 0 heterocycles. The lowest BCUT2D eigenvalue weighted by Gasteiger charge is -2.05. The lowest BCUT2D eigenvalue weighted by molar-refractivity contribution is 0.991. The molecule has 0 saturated carbocycles. The summed E-state index contributed by atoms with van der Waals surface area (Å²) in [5.41, 5.74) is 1.23. The topological polar surface area (TPSA) is 12.0 Å². The lowest BCUT2D eigenvalue weighted by Crippen LogP contribution is -2.02. The molecule has 0 unspecified atom stereocenters. The highest BCUT2D eigenvalue weighted by molar-refractivity contribution is 14.1. The highest BCUT2D eigenvalue weighted by Crippen LogP contribution is 2.12. The van der Waals surface area contributed by atoms with Crippen molar-refractivity contribution in [3.05, 3.63) is 27.8 Å². The molecule has 0 aromatic heterocycles. The molecule has 14 heavy (non-hydrogen) atoms. The van der Waals surface area contributed by atoms with Gasteiger partial charge in [-0.25, -0.2) is 0 Å². The van der Waals surface area contributed by atoms with Gasteiger partial charge < -0.3 is 5.32 Å². The van der Waals surface area contributed by atoms with Gasteiger partial charge in [0.1, 0.15) is 0 Å². The number of anilines is 1. The Morgan fingerprint density at radius 1 is 1.43 bits per heavy atom. The fourth-order valence-corrected chi connectivity index (χ4v) is 2.33. The number of halogens is 1. The van der Waals surface area contributed by atoms with Gasteiger partial charge in [-0.05, 0) is 58.7 Å². The Balaban J connectivity index is 2.18. The summed E-state index contributed by atoms with van der Waals surface area (Å²) in [5.74, 6) is 2.48. The molecular formula is C11H16INS. The quantitative estimate of drug-likeness (QED) is 0.631. The molecule has 0 amide bonds. The molecule has 0 aliphatic carbocycles. The number of nitrogens with one attached hydrogen (secondary N) is 1. The first-order chi connectivity index (χ1) is 6.83. The largest absolute Gasteiger partial charge is 0.385 e. The molecule has 0 aliphatic rings. The van der Waals surface area contributed by atoms with Crippen molar-refractivity contribution in [3.63, 3.8) is 0 Å². The van der Waals surface area contributed by atoms with Crippen molar-refractivity contribution < 1.29 is 0 Å². The minimum atomic E-state index is 1.08. The molecule has 0 spiro atoms. The number of benzene rings is 1. The standard InChI is InChI=1S/C11H16INS/c1-2-14-8-4-7-13-11-6-3-5-10(12)9-11/h3,5-6,9,13H,2,4,7-8H2,1H3. The van der Waals surface area contributed by atoms with Crippen molar-refractivity contribution in [2.75, 3.05) is 23.4 Å². The number of hydrogen-bond donors (Lipinski definition) is 1. The van der Waals surface area contributed by atoms with Crippen LogP contribution in [0.15, 0.2) is 24.3 Å². The van der Waals surface area contributed by atoms with E-state index in [1.807, 2.05) is 11.8 Å². The normalized spacial score (nSPS) is 10.1. The van der Waals surface area contributed by atoms with Crippen molar-refractivity contribution in [1.29, 1.82) is 0 Å². The average Bonchev–Trinajstić information content (AvgIpc) is 2.18. The van der Waals surface area contributed by atoms with Crippen LogP contribution >= 0.6 is 34.4 Å². The second-order valence-electron chi connectivity index (χ2n) is 2.99. The molecule has 0 fully saturated rings. The van der Waals surface area contributed by atoms with E-state index in [4.69, 9.17) is 0 Å². The van der Waals surface area contributed by atoms with E-state index in [0.29, 0.717) is 0 Å². The van der Waals surface area contributed by atoms with Gasteiger partial charge in [0.15, 0.2) is 0 Å². The Morgan fingerprint density at radius 2 is 2.29 bits per heavy atom. The van der Waals surface area contributed by atoms with Crippen molar-refractivity contribution in [3.8, 4) is 0 Å². The van der Waals surface area contributed by atoms with Crippen LogP contribution in [0.3, 0.4) is 0 Å². The molecule has 1 N–H and O–H groups in total. The van der Waals surface area contributed by atoms with Gasteiger partial charge >= 0.3 is 0 Å². The maximum atomic E-state index is 3.43. The predicted octanol–water partition coefficient (Wildman–Crippen LogP) is 3.85. The van der Waals surface area contributed by atoms with E-state index in [0.717, 1.165) is 6.54 Å². The summed E-state index contributed by atoms with van der Waals surface area (Å²) < 4.78 is 1.29. The van der Waals surface area contributed by atoms with Gasteiger partial charge in [-0.15, -0.1) is 0 Å². The second kappa shape index (κ2) is 7.40. The van der Waals surface area contributed by atoms with E-state index in [2.05, 4.69) is 59.1 Å². The van der Waals surface area contributed by atoms with Crippen molar-refractivity contribution >= 4 is 40.0 Å². The molecule has 0 bridgehead atoms. The highest BCUT2D eigenvalue weighted by Gasteiger charge is 1.92. The third-order valence-corrected chi connectivity index (χ3v) is 3.48. The molecule has 1 aromatic rings. The maximum Gasteiger partial charge on any atom is 0.0350 e. The van der Waals surface area contributed by atoms with Gasteiger partial charge in [-0.2, -0.15) is 11.8 Å². The summed E-state index contributed by atoms with van der Waals surface area (Å²) >= 11 is 4.34. The van der Waals surface area contributed by atoms with Gasteiger partial charge in [0.2, 0.25) is 0 Å². The van der Waals surface area contributed by atoms with E-state index < -0.39 is 0 Å². The van der Waals surface area contributed by atoms with E-state index >= 15 is 0 Å². The minimum absolute atomic E-state index is 1.08. The summed E-state index contributed by atoms with van der Waals surface area (Å²) in [7, 11) is 0. The number of rotatable bonds is 6. The summed E-state index contributed by atoms with van der Waals surface area (Å²) in [6, 6.07) is 8.49. The molecule has 0 aliphatic heterocycles. The van der Waals surface area contributed by atoms with Crippen LogP contribution in [0.2, 0.25) is 0 Å². The molecule has 1 aromatic carbocycles. The fraction of sp³-hybridized carbons (Fsp3) is 0.455. The van der Waals surface area contributed by atoms with Crippen LogP contribution in [-0.2, 0) is 0 Å². The Labute approximate surface area is 104 Å². The first kappa shape index (κ1) is 12.2. The summed E-state index contributed by atoms with van der Waals surface area (Å²) in [6.45, 7) is 3.28. The minimum Gasteiger partial charge on any atom is -0.385 e. The Bertz CT molecular complexity index is 265. The predicted molar refractivity (Wildman–Crippen MR) is 75.3 cm³/mol. The van der Waals surface area contributed by atoms with Crippen molar-refractivity contribution in [1.82, 2.24) is 0 Å². The molecule has 0 saturated heterocycles. The summed E-state index contributed by atoms with van der Waals surface area (Å²) in [5, 5.41) is 3.43. The first-order valence-corrected chi connectivity index (χ1v) is 7.13. The summed E-state index contributed by atoms with van der Waals surface area (Å²) in [6.07, 6.45) is 1.24. The van der Waals surface area contributed by atoms with Crippen LogP contribution in [0, 0.1) is 3.57 Å². The van der Waals surface area contributed by atoms with Gasteiger partial charge in [0.05, 0.1) is 0 Å². The van der Waals surface area contributed by atoms with Crippen LogP contribution in [0.5, 0.6) is 0 Å². The molecule has 0 atom stereocenters. The van der Waals surface area contributed by atoms with Crippen LogP contribution in [0.1, 0.15) is 13.3 Å². The molecular weight excluding hydrogens is 305 g/mol. The number of thioether (sulfide) groups is 1. The van der Waals surface area contributed by atoms with Gasteiger partial charge in [0, 0.05) is 15.8 Å². The van der Waals surface area contributed by atoms with E-state index in [-0.39, 0.29) is 0 Å². The molecule has 0 radical (unpaired) electrons. The molecule has 3 heteroatoms. The average molecular weight is 321 g/mol. The molecule has 1 nitrogen and oxygen atoms in total. The van der Waals surface area contributed by atoms with E-state index in [1.165, 1.54) is 27.2 Å². The van der Waals surface area contributed by atoms with Gasteiger partial charge in [-0.3, -0.25) is 0 Å². The van der Waals surface area contributed by atoms with Crippen LogP contribution in [-0.4, -0.2) is 18.1 Å². The smallest absolute Gasteiger partial charge is 0.0350 e. The molecule has 78 valence electrons. The molecule has 1 rings (SSSR count). The third-order valence-electron chi connectivity index (χ3n) is 1.82. The third kappa shape index (κ3) is 5.10. The maximum absolute atomic E-state index is 3.43. The van der Waals surface area contributed by atoms with E-state index in [1.54, 1.807) is 0 Å². The first-order valence-electron chi connectivity index (χ1n) is 4.90. The zero-order valence-corrected chi connectivity index (χ0v) is 11.4.